The lowest BCUT2D eigenvalue weighted by atomic mass is 9.98. The zero-order valence-electron chi connectivity index (χ0n) is 17.7. The van der Waals surface area contributed by atoms with Crippen LogP contribution in [-0.4, -0.2) is 32.6 Å². The van der Waals surface area contributed by atoms with E-state index in [4.69, 9.17) is 0 Å². The molecule has 8 nitrogen and oxygen atoms in total. The molecular formula is C23H27N7O. The number of aryl methyl sites for hydroxylation is 2. The van der Waals surface area contributed by atoms with Crippen molar-refractivity contribution < 1.29 is 4.79 Å². The van der Waals surface area contributed by atoms with Crippen LogP contribution in [0, 0.1) is 12.8 Å². The first-order valence-electron chi connectivity index (χ1n) is 11.0. The molecule has 0 bridgehead atoms. The smallest absolute Gasteiger partial charge is 0.230 e. The van der Waals surface area contributed by atoms with Crippen molar-refractivity contribution in [2.45, 2.75) is 45.4 Å². The predicted molar refractivity (Wildman–Crippen MR) is 121 cm³/mol. The summed E-state index contributed by atoms with van der Waals surface area (Å²) in [5, 5.41) is 13.5. The lowest BCUT2D eigenvalue weighted by molar-refractivity contribution is -0.122. The van der Waals surface area contributed by atoms with Gasteiger partial charge in [-0.2, -0.15) is 5.10 Å². The van der Waals surface area contributed by atoms with Gasteiger partial charge in [0.2, 0.25) is 5.91 Å². The molecule has 31 heavy (non-hydrogen) atoms. The molecule has 0 radical (unpaired) electrons. The Morgan fingerprint density at radius 2 is 1.87 bits per heavy atom. The fraction of sp³-hybridized carbons (Fsp3) is 0.391. The summed E-state index contributed by atoms with van der Waals surface area (Å²) in [4.78, 5) is 24.0. The van der Waals surface area contributed by atoms with Crippen molar-refractivity contribution in [2.75, 3.05) is 22.1 Å². The second-order valence-electron chi connectivity index (χ2n) is 8.39. The highest BCUT2D eigenvalue weighted by Crippen LogP contribution is 2.35. The van der Waals surface area contributed by atoms with E-state index in [1.807, 2.05) is 24.0 Å². The summed E-state index contributed by atoms with van der Waals surface area (Å²) in [7, 11) is 0. The lowest BCUT2D eigenvalue weighted by Crippen LogP contribution is -2.39. The van der Waals surface area contributed by atoms with Crippen molar-refractivity contribution in [3.8, 4) is 0 Å². The molecule has 3 heterocycles. The number of fused-ring (bicyclic) bond motifs is 1. The molecule has 160 valence electrons. The number of anilines is 5. The molecule has 1 aliphatic carbocycles. The van der Waals surface area contributed by atoms with E-state index in [9.17, 15) is 4.79 Å². The van der Waals surface area contributed by atoms with Crippen LogP contribution in [0.2, 0.25) is 0 Å². The van der Waals surface area contributed by atoms with E-state index in [0.29, 0.717) is 17.5 Å². The number of amides is 1. The summed E-state index contributed by atoms with van der Waals surface area (Å²) >= 11 is 0. The molecule has 1 saturated carbocycles. The van der Waals surface area contributed by atoms with Gasteiger partial charge in [-0.1, -0.05) is 18.9 Å². The average molecular weight is 418 g/mol. The summed E-state index contributed by atoms with van der Waals surface area (Å²) in [6.45, 7) is 2.74. The minimum absolute atomic E-state index is 0.182. The van der Waals surface area contributed by atoms with Crippen LogP contribution in [0.15, 0.2) is 36.7 Å². The Morgan fingerprint density at radius 1 is 1.06 bits per heavy atom. The molecule has 1 amide bonds. The first-order valence-corrected chi connectivity index (χ1v) is 11.0. The van der Waals surface area contributed by atoms with Gasteiger partial charge in [0.15, 0.2) is 17.5 Å². The van der Waals surface area contributed by atoms with Crippen LogP contribution >= 0.6 is 0 Å². The van der Waals surface area contributed by atoms with Crippen LogP contribution in [0.1, 0.15) is 43.4 Å². The topological polar surface area (TPSA) is 98.8 Å². The average Bonchev–Trinajstić information content (AvgIpc) is 3.45. The van der Waals surface area contributed by atoms with Crippen molar-refractivity contribution in [3.05, 3.63) is 47.9 Å². The first-order chi connectivity index (χ1) is 15.2. The van der Waals surface area contributed by atoms with Gasteiger partial charge in [0.25, 0.3) is 0 Å². The largest absolute Gasteiger partial charge is 0.339 e. The van der Waals surface area contributed by atoms with Crippen LogP contribution in [0.4, 0.5) is 28.8 Å². The Morgan fingerprint density at radius 3 is 2.65 bits per heavy atom. The fourth-order valence-electron chi connectivity index (χ4n) is 4.52. The molecule has 3 N–H and O–H groups in total. The molecule has 5 rings (SSSR count). The number of carbonyl (C=O) groups excluding carboxylic acids is 1. The van der Waals surface area contributed by atoms with E-state index in [1.165, 1.54) is 18.4 Å². The van der Waals surface area contributed by atoms with E-state index in [0.717, 1.165) is 49.3 Å². The summed E-state index contributed by atoms with van der Waals surface area (Å²) in [6.07, 6.45) is 9.74. The number of aromatic nitrogens is 4. The molecule has 1 aromatic carbocycles. The van der Waals surface area contributed by atoms with Gasteiger partial charge in [-0.05, 0) is 50.3 Å². The van der Waals surface area contributed by atoms with Gasteiger partial charge in [0, 0.05) is 35.6 Å². The van der Waals surface area contributed by atoms with Crippen molar-refractivity contribution in [1.82, 2.24) is 20.2 Å². The molecule has 0 saturated heterocycles. The highest BCUT2D eigenvalue weighted by atomic mass is 16.2. The number of hydrogen-bond donors (Lipinski definition) is 3. The van der Waals surface area contributed by atoms with Gasteiger partial charge in [0.05, 0.1) is 12.4 Å². The molecule has 0 spiro atoms. The number of benzene rings is 1. The number of H-pyrrole nitrogens is 1. The monoisotopic (exact) mass is 417 g/mol. The Bertz CT molecular complexity index is 1090. The number of carbonyl (C=O) groups is 1. The summed E-state index contributed by atoms with van der Waals surface area (Å²) in [5.74, 6) is 2.39. The van der Waals surface area contributed by atoms with E-state index >= 15 is 0 Å². The minimum atomic E-state index is 0.182. The van der Waals surface area contributed by atoms with Crippen molar-refractivity contribution in [3.63, 3.8) is 0 Å². The summed E-state index contributed by atoms with van der Waals surface area (Å²) < 4.78 is 0. The number of nitrogens with zero attached hydrogens (tertiary/aromatic N) is 4. The Kier molecular flexibility index (Phi) is 5.28. The first kappa shape index (κ1) is 19.5. The second-order valence-corrected chi connectivity index (χ2v) is 8.39. The van der Waals surface area contributed by atoms with Crippen LogP contribution in [-0.2, 0) is 11.2 Å². The Labute approximate surface area is 181 Å². The zero-order chi connectivity index (χ0) is 21.2. The number of nitrogens with one attached hydrogen (secondary N) is 3. The van der Waals surface area contributed by atoms with Crippen LogP contribution in [0.3, 0.4) is 0 Å². The molecule has 2 aromatic heterocycles. The van der Waals surface area contributed by atoms with Gasteiger partial charge >= 0.3 is 0 Å². The number of rotatable bonds is 5. The van der Waals surface area contributed by atoms with Crippen LogP contribution in [0.25, 0.3) is 0 Å². The highest BCUT2D eigenvalue weighted by Gasteiger charge is 2.30. The van der Waals surface area contributed by atoms with E-state index < -0.39 is 0 Å². The van der Waals surface area contributed by atoms with Crippen molar-refractivity contribution in [1.29, 1.82) is 0 Å². The normalized spacial score (nSPS) is 16.2. The molecule has 0 unspecified atom stereocenters. The molecule has 8 heteroatoms. The third-order valence-corrected chi connectivity index (χ3v) is 6.04. The molecule has 0 atom stereocenters. The van der Waals surface area contributed by atoms with E-state index in [1.54, 1.807) is 12.4 Å². The van der Waals surface area contributed by atoms with Crippen LogP contribution < -0.4 is 15.5 Å². The van der Waals surface area contributed by atoms with Gasteiger partial charge in [-0.25, -0.2) is 4.98 Å². The molecule has 3 aromatic rings. The van der Waals surface area contributed by atoms with Crippen molar-refractivity contribution >= 4 is 34.7 Å². The SMILES string of the molecule is Cc1cc(Nc2cncc(Nc3ccc4c(c3)N(C(=O)C3CCCC3)CCC4)n2)n[nH]1. The number of hydrogen-bond acceptors (Lipinski definition) is 6. The highest BCUT2D eigenvalue weighted by molar-refractivity contribution is 5.97. The molecule has 1 fully saturated rings. The van der Waals surface area contributed by atoms with Gasteiger partial charge in [0.1, 0.15) is 0 Å². The third kappa shape index (κ3) is 4.23. The fourth-order valence-corrected chi connectivity index (χ4v) is 4.52. The Balaban J connectivity index is 1.35. The van der Waals surface area contributed by atoms with E-state index in [2.05, 4.69) is 42.9 Å². The number of aromatic amines is 1. The maximum atomic E-state index is 13.1. The minimum Gasteiger partial charge on any atom is -0.339 e. The van der Waals surface area contributed by atoms with Crippen LogP contribution in [0.5, 0.6) is 0 Å². The third-order valence-electron chi connectivity index (χ3n) is 6.04. The quantitative estimate of drug-likeness (QED) is 0.567. The molecule has 1 aliphatic heterocycles. The Hall–Kier alpha value is -3.42. The van der Waals surface area contributed by atoms with Gasteiger partial charge < -0.3 is 15.5 Å². The van der Waals surface area contributed by atoms with Gasteiger partial charge in [-0.3, -0.25) is 14.9 Å². The van der Waals surface area contributed by atoms with Gasteiger partial charge in [-0.15, -0.1) is 0 Å². The molecule has 2 aliphatic rings. The van der Waals surface area contributed by atoms with E-state index in [-0.39, 0.29) is 11.8 Å². The maximum Gasteiger partial charge on any atom is 0.230 e. The second kappa shape index (κ2) is 8.37. The standard InChI is InChI=1S/C23H27N7O/c1-15-11-20(29-28-15)26-22-14-24-13-21(27-22)25-18-9-8-16-7-4-10-30(19(16)12-18)23(31)17-5-2-3-6-17/h8-9,11-14,17H,2-7,10H2,1H3,(H3,25,26,27,28,29). The molecular weight excluding hydrogens is 390 g/mol. The predicted octanol–water partition coefficient (Wildman–Crippen LogP) is 4.46. The van der Waals surface area contributed by atoms with Crippen molar-refractivity contribution in [2.24, 2.45) is 5.92 Å². The lowest BCUT2D eigenvalue weighted by Gasteiger charge is -2.32. The zero-order valence-corrected chi connectivity index (χ0v) is 17.7. The summed E-state index contributed by atoms with van der Waals surface area (Å²) in [5.41, 5.74) is 4.13. The summed E-state index contributed by atoms with van der Waals surface area (Å²) in [6, 6.07) is 8.14. The maximum absolute atomic E-state index is 13.1.